The molecule has 2 amide bonds. The zero-order chi connectivity index (χ0) is 27.2. The van der Waals surface area contributed by atoms with E-state index in [1.165, 1.54) is 36.4 Å². The number of amides is 2. The molecular formula is C30H33N5O4. The van der Waals surface area contributed by atoms with Crippen molar-refractivity contribution in [2.24, 2.45) is 11.0 Å². The van der Waals surface area contributed by atoms with Crippen LogP contribution in [0.15, 0.2) is 66.2 Å². The first-order valence-electron chi connectivity index (χ1n) is 13.4. The molecule has 3 aromatic rings. The van der Waals surface area contributed by atoms with Gasteiger partial charge in [-0.1, -0.05) is 25.1 Å². The number of para-hydroxylation sites is 1. The number of hydrazone groups is 1. The van der Waals surface area contributed by atoms with Crippen molar-refractivity contribution in [3.63, 3.8) is 0 Å². The highest BCUT2D eigenvalue weighted by Gasteiger charge is 2.30. The maximum atomic E-state index is 13.2. The maximum absolute atomic E-state index is 13.2. The fourth-order valence-corrected chi connectivity index (χ4v) is 5.09. The first-order chi connectivity index (χ1) is 19.1. The van der Waals surface area contributed by atoms with E-state index in [-0.39, 0.29) is 36.1 Å². The van der Waals surface area contributed by atoms with Gasteiger partial charge in [0.05, 0.1) is 31.7 Å². The Hall–Kier alpha value is -4.27. The maximum Gasteiger partial charge on any atom is 0.275 e. The lowest BCUT2D eigenvalue weighted by Crippen LogP contribution is -2.37. The highest BCUT2D eigenvalue weighted by atomic mass is 16.5. The summed E-state index contributed by atoms with van der Waals surface area (Å²) >= 11 is 0. The van der Waals surface area contributed by atoms with Crippen molar-refractivity contribution in [3.05, 3.63) is 77.9 Å². The van der Waals surface area contributed by atoms with Crippen LogP contribution in [0.4, 0.5) is 5.69 Å². The molecule has 0 radical (unpaired) electrons. The number of carbonyl (C=O) groups is 2. The van der Waals surface area contributed by atoms with Gasteiger partial charge < -0.3 is 14.8 Å². The SMILES string of the molecule is CCC1CC(=O)N(Cc2ccccc2NC(=O)c2cnccn2)N=C1c1ccc(OC)c(OC2CCCC2)c1. The molecule has 1 unspecified atom stereocenters. The Morgan fingerprint density at radius 3 is 2.67 bits per heavy atom. The van der Waals surface area contributed by atoms with Gasteiger partial charge in [0.2, 0.25) is 5.91 Å². The third-order valence-electron chi connectivity index (χ3n) is 7.25. The molecule has 1 saturated carbocycles. The molecule has 2 aromatic carbocycles. The molecule has 2 aliphatic rings. The Morgan fingerprint density at radius 1 is 1.10 bits per heavy atom. The fourth-order valence-electron chi connectivity index (χ4n) is 5.09. The zero-order valence-corrected chi connectivity index (χ0v) is 22.3. The molecule has 202 valence electrons. The first kappa shape index (κ1) is 26.3. The van der Waals surface area contributed by atoms with Gasteiger partial charge in [-0.05, 0) is 61.9 Å². The van der Waals surface area contributed by atoms with Crippen molar-refractivity contribution < 1.29 is 19.1 Å². The molecule has 1 fully saturated rings. The summed E-state index contributed by atoms with van der Waals surface area (Å²) in [7, 11) is 1.64. The van der Waals surface area contributed by atoms with Crippen LogP contribution in [0, 0.1) is 5.92 Å². The van der Waals surface area contributed by atoms with E-state index in [9.17, 15) is 9.59 Å². The van der Waals surface area contributed by atoms with E-state index in [1.807, 2.05) is 36.4 Å². The summed E-state index contributed by atoms with van der Waals surface area (Å²) < 4.78 is 11.9. The van der Waals surface area contributed by atoms with Crippen molar-refractivity contribution in [1.29, 1.82) is 0 Å². The number of ether oxygens (including phenoxy) is 2. The topological polar surface area (TPSA) is 106 Å². The quantitative estimate of drug-likeness (QED) is 0.409. The zero-order valence-electron chi connectivity index (χ0n) is 22.3. The molecule has 9 heteroatoms. The summed E-state index contributed by atoms with van der Waals surface area (Å²) in [5, 5.41) is 9.24. The molecule has 5 rings (SSSR count). The lowest BCUT2D eigenvalue weighted by atomic mass is 9.89. The van der Waals surface area contributed by atoms with E-state index < -0.39 is 0 Å². The Labute approximate surface area is 228 Å². The lowest BCUT2D eigenvalue weighted by molar-refractivity contribution is -0.133. The Morgan fingerprint density at radius 2 is 1.92 bits per heavy atom. The number of rotatable bonds is 9. The summed E-state index contributed by atoms with van der Waals surface area (Å²) in [5.74, 6) is 0.962. The molecule has 1 N–H and O–H groups in total. The standard InChI is InChI=1S/C30H33N5O4/c1-3-20-17-28(36)35(19-22-8-4-7-11-24(22)33-30(37)25-18-31-14-15-32-25)34-29(20)21-12-13-26(38-2)27(16-21)39-23-9-5-6-10-23/h4,7-8,11-16,18,20,23H,3,5-6,9-10,17,19H2,1-2H3,(H,33,37). The third kappa shape index (κ3) is 6.08. The average Bonchev–Trinajstić information content (AvgIpc) is 3.48. The summed E-state index contributed by atoms with van der Waals surface area (Å²) in [4.78, 5) is 33.9. The molecular weight excluding hydrogens is 494 g/mol. The normalized spacial score (nSPS) is 17.6. The molecule has 1 aliphatic carbocycles. The van der Waals surface area contributed by atoms with Gasteiger partial charge in [0.15, 0.2) is 11.5 Å². The minimum atomic E-state index is -0.371. The van der Waals surface area contributed by atoms with E-state index in [0.29, 0.717) is 23.6 Å². The molecule has 1 atom stereocenters. The van der Waals surface area contributed by atoms with Gasteiger partial charge in [-0.2, -0.15) is 5.10 Å². The van der Waals surface area contributed by atoms with Gasteiger partial charge in [0, 0.05) is 36.0 Å². The van der Waals surface area contributed by atoms with Crippen LogP contribution in [-0.2, 0) is 11.3 Å². The van der Waals surface area contributed by atoms with E-state index >= 15 is 0 Å². The first-order valence-corrected chi connectivity index (χ1v) is 13.4. The second kappa shape index (κ2) is 12.1. The predicted molar refractivity (Wildman–Crippen MR) is 148 cm³/mol. The molecule has 0 spiro atoms. The summed E-state index contributed by atoms with van der Waals surface area (Å²) in [5.41, 5.74) is 3.32. The summed E-state index contributed by atoms with van der Waals surface area (Å²) in [6, 6.07) is 13.3. The molecule has 0 bridgehead atoms. The van der Waals surface area contributed by atoms with Crippen LogP contribution in [0.3, 0.4) is 0 Å². The van der Waals surface area contributed by atoms with Crippen LogP contribution >= 0.6 is 0 Å². The number of methoxy groups -OCH3 is 1. The van der Waals surface area contributed by atoms with Crippen LogP contribution in [0.5, 0.6) is 11.5 Å². The van der Waals surface area contributed by atoms with Crippen molar-refractivity contribution in [2.75, 3.05) is 12.4 Å². The highest BCUT2D eigenvalue weighted by molar-refractivity contribution is 6.06. The second-order valence-electron chi connectivity index (χ2n) is 9.84. The summed E-state index contributed by atoms with van der Waals surface area (Å²) in [6.45, 7) is 2.29. The number of aromatic nitrogens is 2. The van der Waals surface area contributed by atoms with Crippen LogP contribution < -0.4 is 14.8 Å². The monoisotopic (exact) mass is 527 g/mol. The van der Waals surface area contributed by atoms with Gasteiger partial charge in [-0.3, -0.25) is 14.6 Å². The van der Waals surface area contributed by atoms with Crippen molar-refractivity contribution in [2.45, 2.75) is 58.1 Å². The van der Waals surface area contributed by atoms with Crippen molar-refractivity contribution in [1.82, 2.24) is 15.0 Å². The number of anilines is 1. The Bertz CT molecular complexity index is 1350. The number of hydrogen-bond acceptors (Lipinski definition) is 7. The van der Waals surface area contributed by atoms with Crippen molar-refractivity contribution in [3.8, 4) is 11.5 Å². The Kier molecular flexibility index (Phi) is 8.15. The molecule has 2 heterocycles. The van der Waals surface area contributed by atoms with Gasteiger partial charge >= 0.3 is 0 Å². The Balaban J connectivity index is 1.42. The van der Waals surface area contributed by atoms with Crippen LogP contribution in [-0.4, -0.2) is 45.7 Å². The van der Waals surface area contributed by atoms with E-state index in [4.69, 9.17) is 14.6 Å². The van der Waals surface area contributed by atoms with Gasteiger partial charge in [0.1, 0.15) is 5.69 Å². The van der Waals surface area contributed by atoms with Gasteiger partial charge in [-0.15, -0.1) is 0 Å². The number of carbonyl (C=O) groups excluding carboxylic acids is 2. The number of nitrogens with zero attached hydrogens (tertiary/aromatic N) is 4. The third-order valence-corrected chi connectivity index (χ3v) is 7.25. The minimum Gasteiger partial charge on any atom is -0.493 e. The largest absolute Gasteiger partial charge is 0.493 e. The fraction of sp³-hybridized carbons (Fsp3) is 0.367. The van der Waals surface area contributed by atoms with E-state index in [2.05, 4.69) is 22.2 Å². The number of benzene rings is 2. The smallest absolute Gasteiger partial charge is 0.275 e. The van der Waals surface area contributed by atoms with Gasteiger partial charge in [0.25, 0.3) is 5.91 Å². The molecule has 9 nitrogen and oxygen atoms in total. The average molecular weight is 528 g/mol. The van der Waals surface area contributed by atoms with Crippen LogP contribution in [0.25, 0.3) is 0 Å². The molecule has 1 aromatic heterocycles. The van der Waals surface area contributed by atoms with Crippen molar-refractivity contribution >= 4 is 23.2 Å². The summed E-state index contributed by atoms with van der Waals surface area (Å²) in [6.07, 6.45) is 10.2. The predicted octanol–water partition coefficient (Wildman–Crippen LogP) is 5.22. The van der Waals surface area contributed by atoms with Crippen LogP contribution in [0.1, 0.15) is 67.1 Å². The van der Waals surface area contributed by atoms with Gasteiger partial charge in [-0.25, -0.2) is 9.99 Å². The van der Waals surface area contributed by atoms with E-state index in [1.54, 1.807) is 13.2 Å². The van der Waals surface area contributed by atoms with Crippen LogP contribution in [0.2, 0.25) is 0 Å². The highest BCUT2D eigenvalue weighted by Crippen LogP contribution is 2.35. The lowest BCUT2D eigenvalue weighted by Gasteiger charge is -2.30. The minimum absolute atomic E-state index is 0.00641. The van der Waals surface area contributed by atoms with E-state index in [0.717, 1.165) is 36.1 Å². The number of nitrogens with one attached hydrogen (secondary N) is 1. The molecule has 1 aliphatic heterocycles. The molecule has 39 heavy (non-hydrogen) atoms. The number of hydrogen-bond donors (Lipinski definition) is 1. The molecule has 0 saturated heterocycles. The second-order valence-corrected chi connectivity index (χ2v) is 9.84.